The molecule has 1 unspecified atom stereocenters. The summed E-state index contributed by atoms with van der Waals surface area (Å²) in [6, 6.07) is 1.31. The van der Waals surface area contributed by atoms with Crippen LogP contribution in [0.2, 0.25) is 5.02 Å². The van der Waals surface area contributed by atoms with Crippen molar-refractivity contribution in [3.8, 4) is 0 Å². The Kier molecular flexibility index (Phi) is 3.82. The van der Waals surface area contributed by atoms with E-state index in [0.29, 0.717) is 4.88 Å². The van der Waals surface area contributed by atoms with Gasteiger partial charge in [-0.1, -0.05) is 11.6 Å². The van der Waals surface area contributed by atoms with E-state index in [-0.39, 0.29) is 35.5 Å². The van der Waals surface area contributed by atoms with E-state index in [9.17, 15) is 13.2 Å². The first-order valence-corrected chi connectivity index (χ1v) is 9.34. The first kappa shape index (κ1) is 16.5. The molecule has 0 aliphatic carbocycles. The number of hydrogen-bond donors (Lipinski definition) is 2. The number of sulfonamides is 1. The van der Waals surface area contributed by atoms with Gasteiger partial charge in [0.2, 0.25) is 16.0 Å². The maximum Gasteiger partial charge on any atom is 0.345 e. The summed E-state index contributed by atoms with van der Waals surface area (Å²) in [6.45, 7) is 0.225. The van der Waals surface area contributed by atoms with E-state index in [0.717, 1.165) is 15.6 Å². The minimum Gasteiger partial charge on any atom is -0.477 e. The Hall–Kier alpha value is -1.36. The molecule has 2 aliphatic rings. The highest BCUT2D eigenvalue weighted by atomic mass is 35.5. The Bertz CT molecular complexity index is 806. The van der Waals surface area contributed by atoms with Gasteiger partial charge in [-0.25, -0.2) is 22.5 Å². The summed E-state index contributed by atoms with van der Waals surface area (Å²) in [4.78, 5) is 16.0. The second kappa shape index (κ2) is 5.33. The van der Waals surface area contributed by atoms with Crippen LogP contribution >= 0.6 is 22.9 Å². The maximum atomic E-state index is 12.7. The number of aromatic carboxylic acids is 1. The number of nitrogens with zero attached hydrogens (tertiary/aromatic N) is 2. The molecule has 0 saturated carbocycles. The van der Waals surface area contributed by atoms with Crippen molar-refractivity contribution in [1.82, 2.24) is 4.31 Å². The number of carboxylic acid groups (broad SMARTS) is 1. The zero-order valence-electron chi connectivity index (χ0n) is 12.0. The molecule has 3 rings (SSSR count). The van der Waals surface area contributed by atoms with E-state index in [2.05, 4.69) is 4.99 Å². The quantitative estimate of drug-likeness (QED) is 0.778. The monoisotopic (exact) mass is 379 g/mol. The fourth-order valence-corrected chi connectivity index (χ4v) is 6.22. The van der Waals surface area contributed by atoms with Gasteiger partial charge in [-0.2, -0.15) is 0 Å². The topological polar surface area (TPSA) is 122 Å². The van der Waals surface area contributed by atoms with E-state index >= 15 is 0 Å². The van der Waals surface area contributed by atoms with Crippen LogP contribution < -0.4 is 5.73 Å². The highest BCUT2D eigenvalue weighted by molar-refractivity contribution is 7.90. The zero-order valence-corrected chi connectivity index (χ0v) is 14.4. The first-order valence-electron chi connectivity index (χ1n) is 6.64. The summed E-state index contributed by atoms with van der Waals surface area (Å²) in [6.07, 6.45) is 0.255. The van der Waals surface area contributed by atoms with E-state index in [4.69, 9.17) is 27.2 Å². The average molecular weight is 380 g/mol. The van der Waals surface area contributed by atoms with Gasteiger partial charge in [0.15, 0.2) is 0 Å². The van der Waals surface area contributed by atoms with E-state index in [1.54, 1.807) is 0 Å². The molecule has 1 aromatic heterocycles. The second-order valence-electron chi connectivity index (χ2n) is 5.31. The summed E-state index contributed by atoms with van der Waals surface area (Å²) >= 11 is 7.12. The minimum atomic E-state index is -3.79. The molecule has 23 heavy (non-hydrogen) atoms. The van der Waals surface area contributed by atoms with Crippen molar-refractivity contribution < 1.29 is 23.1 Å². The standard InChI is InChI=1S/C12H14ClN3O5S2/c1-16-11(14)15-12(2-3-21-5-8(12)23(16,19)20)9-6(13)4-7(22-9)10(17)18/h4,8H,2-3,5H2,1H3,(H2,14,15)(H,17,18)/t8?,12-/m0/s1. The summed E-state index contributed by atoms with van der Waals surface area (Å²) in [7, 11) is -2.47. The number of hydrogen-bond acceptors (Lipinski definition) is 7. The van der Waals surface area contributed by atoms with E-state index in [1.165, 1.54) is 13.1 Å². The van der Waals surface area contributed by atoms with Crippen LogP contribution in [0.15, 0.2) is 11.1 Å². The number of halogens is 1. The second-order valence-corrected chi connectivity index (χ2v) is 8.92. The molecule has 11 heteroatoms. The molecule has 0 spiro atoms. The number of aliphatic imine (C=N–C) groups is 1. The number of rotatable bonds is 2. The van der Waals surface area contributed by atoms with Crippen LogP contribution in [0.4, 0.5) is 0 Å². The normalized spacial score (nSPS) is 29.7. The minimum absolute atomic E-state index is 0.0229. The van der Waals surface area contributed by atoms with Crippen LogP contribution in [-0.2, 0) is 20.3 Å². The number of carbonyl (C=O) groups is 1. The summed E-state index contributed by atoms with van der Waals surface area (Å²) in [5, 5.41) is 8.33. The lowest BCUT2D eigenvalue weighted by Crippen LogP contribution is -2.60. The molecule has 126 valence electrons. The lowest BCUT2D eigenvalue weighted by Gasteiger charge is -2.45. The van der Waals surface area contributed by atoms with Crippen LogP contribution in [0, 0.1) is 0 Å². The maximum absolute atomic E-state index is 12.7. The van der Waals surface area contributed by atoms with Crippen LogP contribution in [0.1, 0.15) is 21.0 Å². The highest BCUT2D eigenvalue weighted by Gasteiger charge is 2.56. The molecule has 2 aliphatic heterocycles. The van der Waals surface area contributed by atoms with E-state index < -0.39 is 26.8 Å². The number of thiophene rings is 1. The molecule has 2 atom stereocenters. The third-order valence-electron chi connectivity index (χ3n) is 4.10. The van der Waals surface area contributed by atoms with Gasteiger partial charge in [0.1, 0.15) is 15.7 Å². The van der Waals surface area contributed by atoms with Gasteiger partial charge < -0.3 is 15.6 Å². The largest absolute Gasteiger partial charge is 0.477 e. The Morgan fingerprint density at radius 2 is 2.35 bits per heavy atom. The van der Waals surface area contributed by atoms with Crippen molar-refractivity contribution in [3.05, 3.63) is 20.8 Å². The Labute approximate surface area is 141 Å². The van der Waals surface area contributed by atoms with Gasteiger partial charge in [-0.05, 0) is 6.07 Å². The molecular weight excluding hydrogens is 366 g/mol. The lowest BCUT2D eigenvalue weighted by atomic mass is 9.88. The Morgan fingerprint density at radius 1 is 1.65 bits per heavy atom. The van der Waals surface area contributed by atoms with Crippen LogP contribution in [0.25, 0.3) is 0 Å². The van der Waals surface area contributed by atoms with Gasteiger partial charge in [0.05, 0.1) is 16.5 Å². The molecule has 3 N–H and O–H groups in total. The van der Waals surface area contributed by atoms with Gasteiger partial charge in [-0.15, -0.1) is 11.3 Å². The van der Waals surface area contributed by atoms with E-state index in [1.807, 2.05) is 0 Å². The summed E-state index contributed by atoms with van der Waals surface area (Å²) < 4.78 is 31.7. The van der Waals surface area contributed by atoms with Crippen molar-refractivity contribution in [2.45, 2.75) is 17.2 Å². The van der Waals surface area contributed by atoms with Crippen molar-refractivity contribution in [1.29, 1.82) is 0 Å². The smallest absolute Gasteiger partial charge is 0.345 e. The molecule has 1 saturated heterocycles. The fourth-order valence-electron chi connectivity index (χ4n) is 2.85. The predicted octanol–water partition coefficient (Wildman–Crippen LogP) is 0.674. The predicted molar refractivity (Wildman–Crippen MR) is 85.5 cm³/mol. The van der Waals surface area contributed by atoms with Gasteiger partial charge in [-0.3, -0.25) is 0 Å². The summed E-state index contributed by atoms with van der Waals surface area (Å²) in [5.41, 5.74) is 4.58. The molecule has 0 bridgehead atoms. The molecule has 0 aromatic carbocycles. The third-order valence-corrected chi connectivity index (χ3v) is 7.99. The Morgan fingerprint density at radius 3 is 2.96 bits per heavy atom. The Balaban J connectivity index is 2.26. The zero-order chi connectivity index (χ0) is 17.0. The molecular formula is C12H14ClN3O5S2. The van der Waals surface area contributed by atoms with Gasteiger partial charge in [0.25, 0.3) is 0 Å². The van der Waals surface area contributed by atoms with Crippen molar-refractivity contribution >= 4 is 44.9 Å². The molecule has 8 nitrogen and oxygen atoms in total. The van der Waals surface area contributed by atoms with Crippen LogP contribution in [0.3, 0.4) is 0 Å². The molecule has 1 aromatic rings. The molecule has 1 fully saturated rings. The lowest BCUT2D eigenvalue weighted by molar-refractivity contribution is 0.0545. The molecule has 0 amide bonds. The number of carboxylic acids is 1. The summed E-state index contributed by atoms with van der Waals surface area (Å²) in [5.74, 6) is -1.28. The third kappa shape index (κ3) is 2.32. The number of ether oxygens (including phenoxy) is 1. The SMILES string of the molecule is CN1C(N)=N[C@@]2(c3sc(C(=O)O)cc3Cl)CCOCC2S1(=O)=O. The van der Waals surface area contributed by atoms with Crippen molar-refractivity contribution in [2.24, 2.45) is 10.7 Å². The van der Waals surface area contributed by atoms with Crippen molar-refractivity contribution in [3.63, 3.8) is 0 Å². The number of nitrogens with two attached hydrogens (primary N) is 1. The van der Waals surface area contributed by atoms with Crippen molar-refractivity contribution in [2.75, 3.05) is 20.3 Å². The first-order chi connectivity index (χ1) is 10.7. The van der Waals surface area contributed by atoms with Gasteiger partial charge in [0, 0.05) is 20.1 Å². The fraction of sp³-hybridized carbons (Fsp3) is 0.500. The average Bonchev–Trinajstić information content (AvgIpc) is 2.88. The highest BCUT2D eigenvalue weighted by Crippen LogP contribution is 2.48. The number of fused-ring (bicyclic) bond motifs is 1. The molecule has 0 radical (unpaired) electrons. The van der Waals surface area contributed by atoms with Crippen LogP contribution in [0.5, 0.6) is 0 Å². The van der Waals surface area contributed by atoms with Crippen LogP contribution in [-0.4, -0.2) is 55.3 Å². The molecule has 3 heterocycles. The van der Waals surface area contributed by atoms with Gasteiger partial charge >= 0.3 is 5.97 Å². The number of guanidine groups is 1.